The predicted octanol–water partition coefficient (Wildman–Crippen LogP) is 5.67. The molecule has 1 aliphatic heterocycles. The van der Waals surface area contributed by atoms with E-state index in [1.807, 2.05) is 18.2 Å². The number of hydrogen-bond acceptors (Lipinski definition) is 7. The molecule has 0 bridgehead atoms. The fourth-order valence-corrected chi connectivity index (χ4v) is 4.55. The Bertz CT molecular complexity index is 1500. The van der Waals surface area contributed by atoms with Gasteiger partial charge in [-0.2, -0.15) is 0 Å². The van der Waals surface area contributed by atoms with Crippen molar-refractivity contribution in [3.05, 3.63) is 77.9 Å². The van der Waals surface area contributed by atoms with Gasteiger partial charge in [0, 0.05) is 17.5 Å². The van der Waals surface area contributed by atoms with Crippen molar-refractivity contribution >= 4 is 34.3 Å². The van der Waals surface area contributed by atoms with Crippen LogP contribution in [0.5, 0.6) is 11.5 Å². The van der Waals surface area contributed by atoms with Gasteiger partial charge in [-0.05, 0) is 74.4 Å². The number of hydrogen-bond donors (Lipinski definition) is 0. The van der Waals surface area contributed by atoms with E-state index < -0.39 is 17.7 Å². The van der Waals surface area contributed by atoms with E-state index in [0.29, 0.717) is 71.0 Å². The van der Waals surface area contributed by atoms with E-state index in [4.69, 9.17) is 18.6 Å². The van der Waals surface area contributed by atoms with Gasteiger partial charge in [0.25, 0.3) is 11.7 Å². The third kappa shape index (κ3) is 4.72. The smallest absolute Gasteiger partial charge is 0.342 e. The van der Waals surface area contributed by atoms with Gasteiger partial charge in [0.05, 0.1) is 31.6 Å². The van der Waals surface area contributed by atoms with Crippen LogP contribution < -0.4 is 14.4 Å². The molecule has 3 aromatic carbocycles. The first-order valence-corrected chi connectivity index (χ1v) is 12.5. The predicted molar refractivity (Wildman–Crippen MR) is 142 cm³/mol. The molecule has 0 radical (unpaired) electrons. The van der Waals surface area contributed by atoms with E-state index in [9.17, 15) is 14.4 Å². The molecule has 38 heavy (non-hydrogen) atoms. The lowest BCUT2D eigenvalue weighted by atomic mass is 10.1. The normalized spacial score (nSPS) is 12.6. The molecule has 0 unspecified atom stereocenters. The highest BCUT2D eigenvalue weighted by molar-refractivity contribution is 6.52. The molecule has 0 aliphatic carbocycles. The monoisotopic (exact) mass is 513 g/mol. The van der Waals surface area contributed by atoms with Gasteiger partial charge >= 0.3 is 5.97 Å². The molecule has 5 rings (SSSR count). The Hall–Kier alpha value is -4.59. The van der Waals surface area contributed by atoms with Crippen molar-refractivity contribution in [3.63, 3.8) is 0 Å². The molecule has 1 aromatic heterocycles. The summed E-state index contributed by atoms with van der Waals surface area (Å²) in [4.78, 5) is 38.9. The van der Waals surface area contributed by atoms with Crippen molar-refractivity contribution in [1.82, 2.24) is 0 Å². The number of benzene rings is 3. The van der Waals surface area contributed by atoms with Crippen LogP contribution in [0.25, 0.3) is 22.3 Å². The van der Waals surface area contributed by atoms with E-state index in [0.717, 1.165) is 5.56 Å². The number of carbonyl (C=O) groups excluding carboxylic acids is 3. The number of methoxy groups -OCH3 is 1. The van der Waals surface area contributed by atoms with Gasteiger partial charge in [-0.15, -0.1) is 0 Å². The Kier molecular flexibility index (Phi) is 7.13. The van der Waals surface area contributed by atoms with Crippen LogP contribution in [0.4, 0.5) is 5.69 Å². The molecule has 0 saturated carbocycles. The number of para-hydroxylation sites is 1. The highest BCUT2D eigenvalue weighted by Gasteiger charge is 2.34. The number of esters is 1. The number of ether oxygens (including phenoxy) is 3. The van der Waals surface area contributed by atoms with Crippen molar-refractivity contribution in [1.29, 1.82) is 0 Å². The van der Waals surface area contributed by atoms with Gasteiger partial charge in [-0.25, -0.2) is 4.79 Å². The van der Waals surface area contributed by atoms with Crippen LogP contribution in [0, 0.1) is 0 Å². The fourth-order valence-electron chi connectivity index (χ4n) is 4.55. The summed E-state index contributed by atoms with van der Waals surface area (Å²) in [6.45, 7) is 2.83. The van der Waals surface area contributed by atoms with Crippen LogP contribution in [0.15, 0.2) is 71.1 Å². The first kappa shape index (κ1) is 25.1. The topological polar surface area (TPSA) is 95.3 Å². The maximum absolute atomic E-state index is 12.9. The van der Waals surface area contributed by atoms with Crippen LogP contribution in [0.1, 0.15) is 40.5 Å². The van der Waals surface area contributed by atoms with E-state index in [1.165, 1.54) is 4.90 Å². The second-order valence-corrected chi connectivity index (χ2v) is 8.77. The second-order valence-electron chi connectivity index (χ2n) is 8.77. The van der Waals surface area contributed by atoms with Crippen molar-refractivity contribution in [3.8, 4) is 22.8 Å². The molecule has 0 fully saturated rings. The van der Waals surface area contributed by atoms with Gasteiger partial charge < -0.3 is 23.5 Å². The fraction of sp³-hybridized carbons (Fsp3) is 0.233. The van der Waals surface area contributed by atoms with Crippen molar-refractivity contribution in [2.75, 3.05) is 31.8 Å². The second kappa shape index (κ2) is 10.8. The first-order chi connectivity index (χ1) is 18.5. The number of anilines is 1. The number of amides is 1. The SMILES string of the molecule is CCOC(=O)c1c(-c2ccc(OC)cc2)oc2ccc(OCCCCN3C(=O)C(=O)c4ccccc43)cc12. The highest BCUT2D eigenvalue weighted by atomic mass is 16.5. The van der Waals surface area contributed by atoms with Gasteiger partial charge in [0.15, 0.2) is 0 Å². The zero-order valence-corrected chi connectivity index (χ0v) is 21.2. The molecule has 0 atom stereocenters. The average Bonchev–Trinajstić information content (AvgIpc) is 3.44. The Labute approximate surface area is 219 Å². The van der Waals surface area contributed by atoms with E-state index in [2.05, 4.69) is 0 Å². The van der Waals surface area contributed by atoms with Gasteiger partial charge in [0.1, 0.15) is 28.4 Å². The molecule has 2 heterocycles. The van der Waals surface area contributed by atoms with Crippen LogP contribution in [0.2, 0.25) is 0 Å². The summed E-state index contributed by atoms with van der Waals surface area (Å²) in [5.41, 5.74) is 2.72. The molecule has 4 aromatic rings. The van der Waals surface area contributed by atoms with E-state index >= 15 is 0 Å². The van der Waals surface area contributed by atoms with Crippen molar-refractivity contribution in [2.45, 2.75) is 19.8 Å². The van der Waals surface area contributed by atoms with Crippen LogP contribution in [-0.4, -0.2) is 44.5 Å². The molecule has 194 valence electrons. The summed E-state index contributed by atoms with van der Waals surface area (Å²) in [6.07, 6.45) is 1.34. The summed E-state index contributed by atoms with van der Waals surface area (Å²) >= 11 is 0. The number of unbranched alkanes of at least 4 members (excludes halogenated alkanes) is 1. The van der Waals surface area contributed by atoms with Crippen LogP contribution in [0.3, 0.4) is 0 Å². The molecule has 0 N–H and O–H groups in total. The Morgan fingerprint density at radius 3 is 2.47 bits per heavy atom. The molecule has 8 heteroatoms. The summed E-state index contributed by atoms with van der Waals surface area (Å²) in [5, 5.41) is 0.601. The quantitative estimate of drug-likeness (QED) is 0.153. The summed E-state index contributed by atoms with van der Waals surface area (Å²) in [5.74, 6) is 0.280. The van der Waals surface area contributed by atoms with Crippen molar-refractivity contribution in [2.24, 2.45) is 0 Å². The van der Waals surface area contributed by atoms with Gasteiger partial charge in [0.2, 0.25) is 0 Å². The molecule has 0 spiro atoms. The Morgan fingerprint density at radius 1 is 0.947 bits per heavy atom. The summed E-state index contributed by atoms with van der Waals surface area (Å²) in [6, 6.07) is 19.6. The molecule has 1 amide bonds. The lowest BCUT2D eigenvalue weighted by molar-refractivity contribution is -0.114. The zero-order valence-electron chi connectivity index (χ0n) is 21.2. The number of rotatable bonds is 10. The summed E-state index contributed by atoms with van der Waals surface area (Å²) < 4.78 is 22.6. The minimum Gasteiger partial charge on any atom is -0.497 e. The number of nitrogens with zero attached hydrogens (tertiary/aromatic N) is 1. The van der Waals surface area contributed by atoms with Gasteiger partial charge in [-0.1, -0.05) is 12.1 Å². The minimum absolute atomic E-state index is 0.235. The average molecular weight is 514 g/mol. The van der Waals surface area contributed by atoms with E-state index in [-0.39, 0.29) is 6.61 Å². The maximum atomic E-state index is 12.9. The lowest BCUT2D eigenvalue weighted by Crippen LogP contribution is -2.30. The molecule has 1 aliphatic rings. The molecule has 0 saturated heterocycles. The highest BCUT2D eigenvalue weighted by Crippen LogP contribution is 2.37. The molecular formula is C30H27NO7. The largest absolute Gasteiger partial charge is 0.497 e. The molecule has 8 nitrogen and oxygen atoms in total. The number of fused-ring (bicyclic) bond motifs is 2. The zero-order chi connectivity index (χ0) is 26.6. The Balaban J connectivity index is 1.28. The third-order valence-corrected chi connectivity index (χ3v) is 6.41. The number of Topliss-reactive ketones (excluding diaryl/α,β-unsaturated/α-hetero) is 1. The first-order valence-electron chi connectivity index (χ1n) is 12.5. The number of carbonyl (C=O) groups is 3. The lowest BCUT2D eigenvalue weighted by Gasteiger charge is -2.16. The standard InChI is InChI=1S/C30H27NO7/c1-3-36-30(34)26-23-18-21(14-15-25(23)38-28(26)19-10-12-20(35-2)13-11-19)37-17-7-6-16-31-24-9-5-4-8-22(24)27(32)29(31)33/h4-5,8-15,18H,3,6-7,16-17H2,1-2H3. The maximum Gasteiger partial charge on any atom is 0.342 e. The number of ketones is 1. The van der Waals surface area contributed by atoms with Crippen LogP contribution in [-0.2, 0) is 9.53 Å². The third-order valence-electron chi connectivity index (χ3n) is 6.41. The minimum atomic E-state index is -0.489. The van der Waals surface area contributed by atoms with Gasteiger partial charge in [-0.3, -0.25) is 9.59 Å². The number of furan rings is 1. The van der Waals surface area contributed by atoms with E-state index in [1.54, 1.807) is 62.6 Å². The Morgan fingerprint density at radius 2 is 1.71 bits per heavy atom. The van der Waals surface area contributed by atoms with Crippen LogP contribution >= 0.6 is 0 Å². The summed E-state index contributed by atoms with van der Waals surface area (Å²) in [7, 11) is 1.59. The van der Waals surface area contributed by atoms with Crippen molar-refractivity contribution < 1.29 is 33.0 Å². The molecular weight excluding hydrogens is 486 g/mol.